The van der Waals surface area contributed by atoms with Crippen LogP contribution in [0, 0.1) is 0 Å². The van der Waals surface area contributed by atoms with Crippen molar-refractivity contribution < 1.29 is 14.4 Å². The van der Waals surface area contributed by atoms with Crippen molar-refractivity contribution in [1.29, 1.82) is 0 Å². The van der Waals surface area contributed by atoms with Crippen molar-refractivity contribution in [3.8, 4) is 0 Å². The van der Waals surface area contributed by atoms with E-state index in [1.165, 1.54) is 12.5 Å². The minimum atomic E-state index is -0.917. The molecule has 0 saturated carbocycles. The van der Waals surface area contributed by atoms with Gasteiger partial charge in [0.1, 0.15) is 6.26 Å². The highest BCUT2D eigenvalue weighted by molar-refractivity contribution is 6.31. The molecule has 5 heteroatoms. The molecule has 0 aliphatic rings. The van der Waals surface area contributed by atoms with E-state index in [0.717, 1.165) is 5.56 Å². The lowest BCUT2D eigenvalue weighted by molar-refractivity contribution is -0.138. The molecule has 0 radical (unpaired) electrons. The second-order valence-electron chi connectivity index (χ2n) is 3.65. The number of hydrogen-bond acceptors (Lipinski definition) is 3. The van der Waals surface area contributed by atoms with Crippen LogP contribution in [0.3, 0.4) is 0 Å². The minimum absolute atomic E-state index is 0.308. The standard InChI is InChI=1S/C12H10ClNO3/c13-11-4-2-1-3-9(11)10(12(15)16)5-8-6-14-17-7-8/h1-4,6-7,10H,5H2,(H,15,16). The third-order valence-corrected chi connectivity index (χ3v) is 2.85. The summed E-state index contributed by atoms with van der Waals surface area (Å²) in [5.41, 5.74) is 1.33. The average molecular weight is 252 g/mol. The number of carbonyl (C=O) groups is 1. The Morgan fingerprint density at radius 2 is 2.24 bits per heavy atom. The van der Waals surface area contributed by atoms with Gasteiger partial charge in [0, 0.05) is 10.6 Å². The summed E-state index contributed by atoms with van der Waals surface area (Å²) in [6, 6.07) is 6.93. The van der Waals surface area contributed by atoms with Gasteiger partial charge in [-0.05, 0) is 18.1 Å². The molecule has 1 heterocycles. The average Bonchev–Trinajstić information content (AvgIpc) is 2.79. The Morgan fingerprint density at radius 3 is 2.82 bits per heavy atom. The second-order valence-corrected chi connectivity index (χ2v) is 4.06. The van der Waals surface area contributed by atoms with Gasteiger partial charge in [-0.15, -0.1) is 0 Å². The van der Waals surface area contributed by atoms with Crippen LogP contribution in [0.1, 0.15) is 17.0 Å². The molecular weight excluding hydrogens is 242 g/mol. The van der Waals surface area contributed by atoms with Gasteiger partial charge in [-0.2, -0.15) is 0 Å². The van der Waals surface area contributed by atoms with Crippen LogP contribution < -0.4 is 0 Å². The summed E-state index contributed by atoms with van der Waals surface area (Å²) in [6.45, 7) is 0. The molecule has 2 aromatic rings. The second kappa shape index (κ2) is 5.01. The highest BCUT2D eigenvalue weighted by Crippen LogP contribution is 2.27. The number of rotatable bonds is 4. The fourth-order valence-corrected chi connectivity index (χ4v) is 1.92. The van der Waals surface area contributed by atoms with E-state index in [0.29, 0.717) is 17.0 Å². The van der Waals surface area contributed by atoms with Gasteiger partial charge in [-0.1, -0.05) is 35.0 Å². The predicted octanol–water partition coefficient (Wildman–Crippen LogP) is 2.74. The van der Waals surface area contributed by atoms with Crippen molar-refractivity contribution in [3.05, 3.63) is 52.9 Å². The van der Waals surface area contributed by atoms with Crippen molar-refractivity contribution in [3.63, 3.8) is 0 Å². The van der Waals surface area contributed by atoms with E-state index in [1.807, 2.05) is 0 Å². The van der Waals surface area contributed by atoms with Crippen LogP contribution in [0.4, 0.5) is 0 Å². The number of aliphatic carboxylic acids is 1. The molecular formula is C12H10ClNO3. The first-order valence-corrected chi connectivity index (χ1v) is 5.42. The maximum absolute atomic E-state index is 11.3. The molecule has 88 valence electrons. The maximum Gasteiger partial charge on any atom is 0.311 e. The van der Waals surface area contributed by atoms with Crippen molar-refractivity contribution in [2.75, 3.05) is 0 Å². The van der Waals surface area contributed by atoms with E-state index in [-0.39, 0.29) is 0 Å². The summed E-state index contributed by atoms with van der Waals surface area (Å²) >= 11 is 6.00. The lowest BCUT2D eigenvalue weighted by atomic mass is 9.93. The quantitative estimate of drug-likeness (QED) is 0.908. The lowest BCUT2D eigenvalue weighted by Crippen LogP contribution is -2.14. The zero-order valence-electron chi connectivity index (χ0n) is 8.84. The molecule has 1 unspecified atom stereocenters. The zero-order chi connectivity index (χ0) is 12.3. The van der Waals surface area contributed by atoms with E-state index in [9.17, 15) is 9.90 Å². The summed E-state index contributed by atoms with van der Waals surface area (Å²) in [6.07, 6.45) is 3.25. The number of halogens is 1. The van der Waals surface area contributed by atoms with Crippen LogP contribution in [0.5, 0.6) is 0 Å². The molecule has 17 heavy (non-hydrogen) atoms. The minimum Gasteiger partial charge on any atom is -0.481 e. The van der Waals surface area contributed by atoms with Gasteiger partial charge < -0.3 is 9.63 Å². The number of carboxylic acid groups (broad SMARTS) is 1. The SMILES string of the molecule is O=C(O)C(Cc1cnoc1)c1ccccc1Cl. The normalized spacial score (nSPS) is 12.3. The van der Waals surface area contributed by atoms with Crippen LogP contribution in [0.15, 0.2) is 41.2 Å². The molecule has 0 spiro atoms. The Hall–Kier alpha value is -1.81. The number of carboxylic acids is 1. The monoisotopic (exact) mass is 251 g/mol. The number of benzene rings is 1. The van der Waals surface area contributed by atoms with Gasteiger partial charge in [0.25, 0.3) is 0 Å². The van der Waals surface area contributed by atoms with Gasteiger partial charge in [0.05, 0.1) is 12.1 Å². The predicted molar refractivity (Wildman–Crippen MR) is 62.0 cm³/mol. The first-order valence-electron chi connectivity index (χ1n) is 5.04. The molecule has 4 nitrogen and oxygen atoms in total. The topological polar surface area (TPSA) is 63.3 Å². The van der Waals surface area contributed by atoms with Crippen LogP contribution in [-0.4, -0.2) is 16.2 Å². The fourth-order valence-electron chi connectivity index (χ4n) is 1.65. The van der Waals surface area contributed by atoms with Crippen LogP contribution in [0.2, 0.25) is 5.02 Å². The van der Waals surface area contributed by atoms with E-state index in [4.69, 9.17) is 11.6 Å². The van der Waals surface area contributed by atoms with Crippen molar-refractivity contribution in [2.24, 2.45) is 0 Å². The molecule has 0 saturated heterocycles. The Bertz CT molecular complexity index is 510. The molecule has 0 bridgehead atoms. The molecule has 1 atom stereocenters. The molecule has 0 aliphatic heterocycles. The molecule has 1 aromatic carbocycles. The first kappa shape index (κ1) is 11.7. The molecule has 0 aliphatic carbocycles. The van der Waals surface area contributed by atoms with Gasteiger partial charge in [0.15, 0.2) is 0 Å². The van der Waals surface area contributed by atoms with E-state index in [1.54, 1.807) is 24.3 Å². The highest BCUT2D eigenvalue weighted by Gasteiger charge is 2.23. The van der Waals surface area contributed by atoms with Crippen LogP contribution in [-0.2, 0) is 11.2 Å². The zero-order valence-corrected chi connectivity index (χ0v) is 9.59. The summed E-state index contributed by atoms with van der Waals surface area (Å²) in [5, 5.41) is 13.2. The molecule has 1 aromatic heterocycles. The summed E-state index contributed by atoms with van der Waals surface area (Å²) < 4.78 is 4.69. The number of aromatic nitrogens is 1. The molecule has 2 rings (SSSR count). The number of hydrogen-bond donors (Lipinski definition) is 1. The molecule has 1 N–H and O–H groups in total. The van der Waals surface area contributed by atoms with Gasteiger partial charge in [0.2, 0.25) is 0 Å². The van der Waals surface area contributed by atoms with E-state index >= 15 is 0 Å². The van der Waals surface area contributed by atoms with Crippen LogP contribution in [0.25, 0.3) is 0 Å². The van der Waals surface area contributed by atoms with Crippen molar-refractivity contribution in [2.45, 2.75) is 12.3 Å². The van der Waals surface area contributed by atoms with Crippen molar-refractivity contribution in [1.82, 2.24) is 5.16 Å². The highest BCUT2D eigenvalue weighted by atomic mass is 35.5. The smallest absolute Gasteiger partial charge is 0.311 e. The summed E-state index contributed by atoms with van der Waals surface area (Å²) in [7, 11) is 0. The molecule has 0 fully saturated rings. The Kier molecular flexibility index (Phi) is 3.44. The Labute approximate surface area is 103 Å². The fraction of sp³-hybridized carbons (Fsp3) is 0.167. The van der Waals surface area contributed by atoms with Gasteiger partial charge in [-0.3, -0.25) is 4.79 Å². The Balaban J connectivity index is 2.30. The molecule has 0 amide bonds. The third kappa shape index (κ3) is 2.65. The van der Waals surface area contributed by atoms with Gasteiger partial charge >= 0.3 is 5.97 Å². The van der Waals surface area contributed by atoms with E-state index in [2.05, 4.69) is 9.68 Å². The Morgan fingerprint density at radius 1 is 1.47 bits per heavy atom. The van der Waals surface area contributed by atoms with Crippen molar-refractivity contribution >= 4 is 17.6 Å². The van der Waals surface area contributed by atoms with E-state index < -0.39 is 11.9 Å². The third-order valence-electron chi connectivity index (χ3n) is 2.50. The van der Waals surface area contributed by atoms with Gasteiger partial charge in [-0.25, -0.2) is 0 Å². The summed E-state index contributed by atoms with van der Waals surface area (Å²) in [4.78, 5) is 11.3. The first-order chi connectivity index (χ1) is 8.18. The summed E-state index contributed by atoms with van der Waals surface area (Å²) in [5.74, 6) is -1.61. The largest absolute Gasteiger partial charge is 0.481 e. The number of nitrogens with zero attached hydrogens (tertiary/aromatic N) is 1. The maximum atomic E-state index is 11.3. The lowest BCUT2D eigenvalue weighted by Gasteiger charge is -2.12. The van der Waals surface area contributed by atoms with Crippen LogP contribution >= 0.6 is 11.6 Å².